The second kappa shape index (κ2) is 6.96. The quantitative estimate of drug-likeness (QED) is 0.549. The number of carbonyl (C=O) groups excluding carboxylic acids is 1. The van der Waals surface area contributed by atoms with Crippen LogP contribution in [0.15, 0.2) is 65.8 Å². The molecule has 0 unspecified atom stereocenters. The number of benzene rings is 2. The molecule has 2 aromatic carbocycles. The number of hydrogen-bond donors (Lipinski definition) is 2. The van der Waals surface area contributed by atoms with E-state index >= 15 is 0 Å². The molecule has 8 heteroatoms. The van der Waals surface area contributed by atoms with Crippen LogP contribution in [0.2, 0.25) is 0 Å². The fraction of sp³-hybridized carbons (Fsp3) is 0.0476. The highest BCUT2D eigenvalue weighted by Crippen LogP contribution is 2.32. The van der Waals surface area contributed by atoms with Crippen molar-refractivity contribution < 1.29 is 4.79 Å². The van der Waals surface area contributed by atoms with Crippen LogP contribution in [0.5, 0.6) is 0 Å². The zero-order valence-corrected chi connectivity index (χ0v) is 15.9. The summed E-state index contributed by atoms with van der Waals surface area (Å²) >= 11 is 1.36. The summed E-state index contributed by atoms with van der Waals surface area (Å²) in [6.07, 6.45) is 1.93. The first-order chi connectivity index (χ1) is 14.2. The number of aromatic nitrogens is 3. The van der Waals surface area contributed by atoms with Crippen molar-refractivity contribution in [3.8, 4) is 23.0 Å². The van der Waals surface area contributed by atoms with E-state index in [0.717, 1.165) is 27.8 Å². The molecule has 0 spiro atoms. The smallest absolute Gasteiger partial charge is 0.236 e. The van der Waals surface area contributed by atoms with Crippen molar-refractivity contribution >= 4 is 39.6 Å². The lowest BCUT2D eigenvalue weighted by Crippen LogP contribution is -2.20. The highest BCUT2D eigenvalue weighted by molar-refractivity contribution is 8.15. The molecule has 5 rings (SSSR count). The number of carbonyl (C=O) groups is 1. The van der Waals surface area contributed by atoms with Gasteiger partial charge in [0.05, 0.1) is 28.8 Å². The predicted molar refractivity (Wildman–Crippen MR) is 113 cm³/mol. The Bertz CT molecular complexity index is 1310. The fourth-order valence-corrected chi connectivity index (χ4v) is 3.91. The van der Waals surface area contributed by atoms with Gasteiger partial charge in [-0.05, 0) is 30.3 Å². The number of amidine groups is 1. The first-order valence-corrected chi connectivity index (χ1v) is 9.88. The van der Waals surface area contributed by atoms with Crippen LogP contribution in [0.3, 0.4) is 0 Å². The number of rotatable bonds is 3. The monoisotopic (exact) mass is 398 g/mol. The molecule has 3 heterocycles. The minimum absolute atomic E-state index is 0.0601. The van der Waals surface area contributed by atoms with E-state index in [1.807, 2.05) is 48.7 Å². The lowest BCUT2D eigenvalue weighted by Gasteiger charge is -2.04. The van der Waals surface area contributed by atoms with Crippen molar-refractivity contribution in [1.29, 1.82) is 5.26 Å². The van der Waals surface area contributed by atoms with Gasteiger partial charge in [0.2, 0.25) is 5.91 Å². The molecule has 0 saturated carbocycles. The van der Waals surface area contributed by atoms with Crippen molar-refractivity contribution in [2.24, 2.45) is 4.99 Å². The van der Waals surface area contributed by atoms with Gasteiger partial charge in [0.1, 0.15) is 0 Å². The van der Waals surface area contributed by atoms with Gasteiger partial charge in [-0.3, -0.25) is 4.79 Å². The molecule has 4 aromatic rings. The molecular formula is C21H14N6OS. The Kier molecular flexibility index (Phi) is 4.15. The third kappa shape index (κ3) is 3.17. The number of thioether (sulfide) groups is 1. The van der Waals surface area contributed by atoms with E-state index in [1.165, 1.54) is 11.8 Å². The van der Waals surface area contributed by atoms with E-state index in [9.17, 15) is 4.79 Å². The summed E-state index contributed by atoms with van der Waals surface area (Å²) in [4.78, 5) is 19.4. The van der Waals surface area contributed by atoms with E-state index in [2.05, 4.69) is 21.4 Å². The molecule has 2 aromatic heterocycles. The summed E-state index contributed by atoms with van der Waals surface area (Å²) in [5, 5.41) is 18.2. The van der Waals surface area contributed by atoms with Gasteiger partial charge in [0.25, 0.3) is 0 Å². The molecule has 1 fully saturated rings. The van der Waals surface area contributed by atoms with Gasteiger partial charge in [-0.1, -0.05) is 30.0 Å². The van der Waals surface area contributed by atoms with E-state index in [-0.39, 0.29) is 5.91 Å². The van der Waals surface area contributed by atoms with Crippen LogP contribution in [0.1, 0.15) is 5.56 Å². The fourth-order valence-electron chi connectivity index (χ4n) is 3.22. The first kappa shape index (κ1) is 17.3. The van der Waals surface area contributed by atoms with Crippen LogP contribution < -0.4 is 5.32 Å². The van der Waals surface area contributed by atoms with Crippen LogP contribution in [0.4, 0.5) is 5.82 Å². The Morgan fingerprint density at radius 3 is 2.76 bits per heavy atom. The summed E-state index contributed by atoms with van der Waals surface area (Å²) in [6, 6.07) is 19.2. The molecule has 0 atom stereocenters. The van der Waals surface area contributed by atoms with Crippen LogP contribution in [0, 0.1) is 11.3 Å². The summed E-state index contributed by atoms with van der Waals surface area (Å²) in [5.41, 5.74) is 4.12. The summed E-state index contributed by atoms with van der Waals surface area (Å²) in [6.45, 7) is 0. The third-order valence-electron chi connectivity index (χ3n) is 4.60. The van der Waals surface area contributed by atoms with Crippen LogP contribution in [0.25, 0.3) is 27.8 Å². The molecular weight excluding hydrogens is 384 g/mol. The van der Waals surface area contributed by atoms with Gasteiger partial charge in [0.15, 0.2) is 11.0 Å². The van der Waals surface area contributed by atoms with Gasteiger partial charge < -0.3 is 10.3 Å². The molecule has 1 aliphatic rings. The number of nitrogens with one attached hydrogen (secondary N) is 2. The Labute approximate surface area is 170 Å². The SMILES string of the molecule is N#Cc1ccc(-n2nc(-c3c[nH]c4ccccc34)cc2N=C2NC(=O)CS2)cc1. The van der Waals surface area contributed by atoms with Gasteiger partial charge >= 0.3 is 0 Å². The zero-order valence-electron chi connectivity index (χ0n) is 15.1. The predicted octanol–water partition coefficient (Wildman–Crippen LogP) is 3.74. The van der Waals surface area contributed by atoms with Gasteiger partial charge in [0, 0.05) is 28.7 Å². The summed E-state index contributed by atoms with van der Waals surface area (Å²) in [7, 11) is 0. The Balaban J connectivity index is 1.65. The van der Waals surface area contributed by atoms with Crippen LogP contribution in [-0.4, -0.2) is 31.6 Å². The second-order valence-corrected chi connectivity index (χ2v) is 7.42. The number of fused-ring (bicyclic) bond motifs is 1. The number of H-pyrrole nitrogens is 1. The molecule has 0 bridgehead atoms. The molecule has 29 heavy (non-hydrogen) atoms. The van der Waals surface area contributed by atoms with Crippen molar-refractivity contribution in [2.75, 3.05) is 5.75 Å². The maximum atomic E-state index is 11.5. The second-order valence-electron chi connectivity index (χ2n) is 6.46. The number of nitriles is 1. The minimum Gasteiger partial charge on any atom is -0.360 e. The molecule has 2 N–H and O–H groups in total. The number of amides is 1. The van der Waals surface area contributed by atoms with Crippen molar-refractivity contribution in [3.05, 3.63) is 66.4 Å². The van der Waals surface area contributed by atoms with Crippen molar-refractivity contribution in [2.45, 2.75) is 0 Å². The Hall–Kier alpha value is -3.83. The number of aromatic amines is 1. The number of hydrogen-bond acceptors (Lipinski definition) is 5. The normalized spacial score (nSPS) is 15.0. The highest BCUT2D eigenvalue weighted by Gasteiger charge is 2.19. The molecule has 7 nitrogen and oxygen atoms in total. The molecule has 140 valence electrons. The first-order valence-electron chi connectivity index (χ1n) is 8.90. The molecule has 1 saturated heterocycles. The summed E-state index contributed by atoms with van der Waals surface area (Å²) < 4.78 is 1.72. The van der Waals surface area contributed by atoms with E-state index in [4.69, 9.17) is 10.4 Å². The minimum atomic E-state index is -0.0601. The lowest BCUT2D eigenvalue weighted by atomic mass is 10.1. The average Bonchev–Trinajstić information content (AvgIpc) is 3.46. The third-order valence-corrected chi connectivity index (χ3v) is 5.47. The highest BCUT2D eigenvalue weighted by atomic mass is 32.2. The van der Waals surface area contributed by atoms with Gasteiger partial charge in [-0.15, -0.1) is 0 Å². The van der Waals surface area contributed by atoms with Gasteiger partial charge in [-0.25, -0.2) is 9.67 Å². The summed E-state index contributed by atoms with van der Waals surface area (Å²) in [5.74, 6) is 0.897. The lowest BCUT2D eigenvalue weighted by molar-refractivity contribution is -0.116. The number of para-hydroxylation sites is 1. The molecule has 1 amide bonds. The van der Waals surface area contributed by atoms with Gasteiger partial charge in [-0.2, -0.15) is 10.4 Å². The van der Waals surface area contributed by atoms with E-state index in [0.29, 0.717) is 22.3 Å². The van der Waals surface area contributed by atoms with Crippen LogP contribution in [-0.2, 0) is 4.79 Å². The topological polar surface area (TPSA) is 98.9 Å². The number of nitrogens with zero attached hydrogens (tertiary/aromatic N) is 4. The zero-order chi connectivity index (χ0) is 19.8. The number of aliphatic imine (C=N–C) groups is 1. The Morgan fingerprint density at radius 2 is 2.00 bits per heavy atom. The maximum absolute atomic E-state index is 11.5. The molecule has 0 aliphatic carbocycles. The largest absolute Gasteiger partial charge is 0.360 e. The van der Waals surface area contributed by atoms with Crippen LogP contribution >= 0.6 is 11.8 Å². The van der Waals surface area contributed by atoms with Crippen molar-refractivity contribution in [3.63, 3.8) is 0 Å². The standard InChI is InChI=1S/C21H14N6OS/c22-10-13-5-7-14(8-6-13)27-19(24-21-25-20(28)12-29-21)9-18(26-27)16-11-23-17-4-2-1-3-15(16)17/h1-9,11,23H,12H2,(H,24,25,28). The molecule has 1 aliphatic heterocycles. The van der Waals surface area contributed by atoms with E-state index < -0.39 is 0 Å². The molecule has 0 radical (unpaired) electrons. The van der Waals surface area contributed by atoms with E-state index in [1.54, 1.807) is 16.8 Å². The average molecular weight is 398 g/mol. The van der Waals surface area contributed by atoms with Crippen molar-refractivity contribution in [1.82, 2.24) is 20.1 Å². The Morgan fingerprint density at radius 1 is 1.17 bits per heavy atom. The maximum Gasteiger partial charge on any atom is 0.236 e.